The first-order valence-corrected chi connectivity index (χ1v) is 6.21. The molecule has 0 radical (unpaired) electrons. The lowest BCUT2D eigenvalue weighted by molar-refractivity contribution is 1.38. The van der Waals surface area contributed by atoms with Gasteiger partial charge in [-0.05, 0) is 23.3 Å². The van der Waals surface area contributed by atoms with Gasteiger partial charge in [0.05, 0.1) is 22.8 Å². The molecule has 0 aliphatic carbocycles. The van der Waals surface area contributed by atoms with Gasteiger partial charge in [-0.2, -0.15) is 0 Å². The van der Waals surface area contributed by atoms with E-state index in [1.807, 2.05) is 12.1 Å². The van der Waals surface area contributed by atoms with Crippen molar-refractivity contribution in [1.29, 1.82) is 0 Å². The van der Waals surface area contributed by atoms with Gasteiger partial charge < -0.3 is 0 Å². The predicted octanol–water partition coefficient (Wildman–Crippen LogP) is 3.64. The van der Waals surface area contributed by atoms with Crippen LogP contribution < -0.4 is 0 Å². The summed E-state index contributed by atoms with van der Waals surface area (Å²) < 4.78 is 0. The third-order valence-corrected chi connectivity index (χ3v) is 3.54. The molecule has 0 aromatic heterocycles. The van der Waals surface area contributed by atoms with Gasteiger partial charge in [-0.1, -0.05) is 36.4 Å². The Bertz CT molecular complexity index is 634. The van der Waals surface area contributed by atoms with Crippen LogP contribution in [0, 0.1) is 0 Å². The Morgan fingerprint density at radius 3 is 1.50 bits per heavy atom. The highest BCUT2D eigenvalue weighted by Crippen LogP contribution is 2.31. The zero-order chi connectivity index (χ0) is 11.9. The molecule has 0 saturated heterocycles. The third-order valence-electron chi connectivity index (χ3n) is 3.54. The van der Waals surface area contributed by atoms with E-state index in [9.17, 15) is 0 Å². The smallest absolute Gasteiger partial charge is 0.0673 e. The minimum Gasteiger partial charge on any atom is -0.251 e. The quantitative estimate of drug-likeness (QED) is 0.717. The van der Waals surface area contributed by atoms with Crippen molar-refractivity contribution in [2.75, 3.05) is 0 Å². The fourth-order valence-corrected chi connectivity index (χ4v) is 2.60. The minimum atomic E-state index is 0.920. The molecule has 0 fully saturated rings. The standard InChI is InChI=1S/C16H12N2/c1-3-7-13-11(5-1)9-15(17-13)16-10-12-6-2-4-8-14(12)18-16/h1-8H,9-10H2. The highest BCUT2D eigenvalue weighted by atomic mass is 14.9. The average Bonchev–Trinajstić information content (AvgIpc) is 3.02. The predicted molar refractivity (Wildman–Crippen MR) is 74.5 cm³/mol. The van der Waals surface area contributed by atoms with Crippen LogP contribution in [0.3, 0.4) is 0 Å². The van der Waals surface area contributed by atoms with Crippen LogP contribution in [0.4, 0.5) is 11.4 Å². The van der Waals surface area contributed by atoms with Crippen LogP contribution in [0.5, 0.6) is 0 Å². The van der Waals surface area contributed by atoms with Gasteiger partial charge in [0.25, 0.3) is 0 Å². The number of para-hydroxylation sites is 2. The van der Waals surface area contributed by atoms with Gasteiger partial charge in [-0.3, -0.25) is 9.98 Å². The van der Waals surface area contributed by atoms with Crippen molar-refractivity contribution in [3.8, 4) is 0 Å². The molecule has 4 rings (SSSR count). The van der Waals surface area contributed by atoms with Crippen LogP contribution in [0.25, 0.3) is 0 Å². The van der Waals surface area contributed by atoms with Gasteiger partial charge in [0, 0.05) is 12.8 Å². The molecular formula is C16H12N2. The first kappa shape index (κ1) is 9.77. The number of aliphatic imine (C=N–C) groups is 2. The molecule has 0 unspecified atom stereocenters. The summed E-state index contributed by atoms with van der Waals surface area (Å²) in [6, 6.07) is 16.7. The summed E-state index contributed by atoms with van der Waals surface area (Å²) in [6.45, 7) is 0. The molecule has 2 aromatic carbocycles. The fraction of sp³-hybridized carbons (Fsp3) is 0.125. The van der Waals surface area contributed by atoms with Crippen LogP contribution in [0.1, 0.15) is 11.1 Å². The second kappa shape index (κ2) is 3.64. The summed E-state index contributed by atoms with van der Waals surface area (Å²) in [6.07, 6.45) is 1.84. The molecule has 2 aliphatic heterocycles. The van der Waals surface area contributed by atoms with E-state index in [0.29, 0.717) is 0 Å². The number of nitrogens with zero attached hydrogens (tertiary/aromatic N) is 2. The Kier molecular flexibility index (Phi) is 1.97. The molecule has 0 bridgehead atoms. The van der Waals surface area contributed by atoms with Crippen LogP contribution >= 0.6 is 0 Å². The first-order valence-electron chi connectivity index (χ1n) is 6.21. The van der Waals surface area contributed by atoms with E-state index < -0.39 is 0 Å². The molecule has 0 amide bonds. The van der Waals surface area contributed by atoms with E-state index in [-0.39, 0.29) is 0 Å². The van der Waals surface area contributed by atoms with Gasteiger partial charge in [0.15, 0.2) is 0 Å². The topological polar surface area (TPSA) is 24.7 Å². The summed E-state index contributed by atoms with van der Waals surface area (Å²) in [4.78, 5) is 9.41. The Hall–Kier alpha value is -2.22. The second-order valence-corrected chi connectivity index (χ2v) is 4.73. The lowest BCUT2D eigenvalue weighted by Gasteiger charge is -1.97. The largest absolute Gasteiger partial charge is 0.251 e. The van der Waals surface area contributed by atoms with Crippen LogP contribution in [0.15, 0.2) is 58.5 Å². The fourth-order valence-electron chi connectivity index (χ4n) is 2.60. The van der Waals surface area contributed by atoms with E-state index in [2.05, 4.69) is 36.4 Å². The lowest BCUT2D eigenvalue weighted by atomic mass is 10.0. The van der Waals surface area contributed by atoms with E-state index >= 15 is 0 Å². The van der Waals surface area contributed by atoms with E-state index in [1.54, 1.807) is 0 Å². The average molecular weight is 232 g/mol. The van der Waals surface area contributed by atoms with Crippen molar-refractivity contribution in [2.45, 2.75) is 12.8 Å². The van der Waals surface area contributed by atoms with Crippen LogP contribution in [0.2, 0.25) is 0 Å². The van der Waals surface area contributed by atoms with Crippen molar-refractivity contribution in [3.05, 3.63) is 59.7 Å². The molecule has 0 atom stereocenters. The monoisotopic (exact) mass is 232 g/mol. The zero-order valence-corrected chi connectivity index (χ0v) is 9.93. The molecule has 0 saturated carbocycles. The highest BCUT2D eigenvalue weighted by molar-refractivity contribution is 6.45. The Morgan fingerprint density at radius 2 is 1.06 bits per heavy atom. The molecular weight excluding hydrogens is 220 g/mol. The molecule has 86 valence electrons. The molecule has 18 heavy (non-hydrogen) atoms. The summed E-state index contributed by atoms with van der Waals surface area (Å²) in [5, 5.41) is 0. The maximum Gasteiger partial charge on any atom is 0.0673 e. The summed E-state index contributed by atoms with van der Waals surface area (Å²) in [7, 11) is 0. The van der Waals surface area contributed by atoms with E-state index in [0.717, 1.165) is 35.6 Å². The molecule has 2 nitrogen and oxygen atoms in total. The second-order valence-electron chi connectivity index (χ2n) is 4.73. The summed E-state index contributed by atoms with van der Waals surface area (Å²) >= 11 is 0. The van der Waals surface area contributed by atoms with Gasteiger partial charge >= 0.3 is 0 Å². The van der Waals surface area contributed by atoms with Crippen molar-refractivity contribution in [2.24, 2.45) is 9.98 Å². The molecule has 2 heterocycles. The molecule has 2 aliphatic rings. The van der Waals surface area contributed by atoms with Gasteiger partial charge in [-0.15, -0.1) is 0 Å². The van der Waals surface area contributed by atoms with Crippen molar-refractivity contribution in [1.82, 2.24) is 0 Å². The Labute approximate surface area is 106 Å². The number of hydrogen-bond donors (Lipinski definition) is 0. The van der Waals surface area contributed by atoms with Crippen LogP contribution in [-0.4, -0.2) is 11.4 Å². The van der Waals surface area contributed by atoms with Crippen molar-refractivity contribution >= 4 is 22.8 Å². The Morgan fingerprint density at radius 1 is 0.611 bits per heavy atom. The van der Waals surface area contributed by atoms with Gasteiger partial charge in [-0.25, -0.2) is 0 Å². The van der Waals surface area contributed by atoms with Gasteiger partial charge in [0.1, 0.15) is 0 Å². The van der Waals surface area contributed by atoms with Crippen molar-refractivity contribution < 1.29 is 0 Å². The third kappa shape index (κ3) is 1.42. The number of rotatable bonds is 1. The Balaban J connectivity index is 1.70. The van der Waals surface area contributed by atoms with E-state index in [1.165, 1.54) is 11.1 Å². The first-order chi connectivity index (χ1) is 8.90. The summed E-state index contributed by atoms with van der Waals surface area (Å²) in [5.74, 6) is 0. The van der Waals surface area contributed by atoms with E-state index in [4.69, 9.17) is 9.98 Å². The maximum absolute atomic E-state index is 4.70. The van der Waals surface area contributed by atoms with Crippen molar-refractivity contribution in [3.63, 3.8) is 0 Å². The summed E-state index contributed by atoms with van der Waals surface area (Å²) in [5.41, 5.74) is 7.09. The molecule has 0 spiro atoms. The van der Waals surface area contributed by atoms with Gasteiger partial charge in [0.2, 0.25) is 0 Å². The highest BCUT2D eigenvalue weighted by Gasteiger charge is 2.22. The lowest BCUT2D eigenvalue weighted by Crippen LogP contribution is -2.13. The molecule has 2 heteroatoms. The number of benzene rings is 2. The minimum absolute atomic E-state index is 0.920. The number of fused-ring (bicyclic) bond motifs is 2. The SMILES string of the molecule is c1ccc2c(c1)CC(C1=Nc3ccccc3C1)=N2. The molecule has 2 aromatic rings. The number of hydrogen-bond acceptors (Lipinski definition) is 2. The molecule has 0 N–H and O–H groups in total. The van der Waals surface area contributed by atoms with Crippen LogP contribution in [-0.2, 0) is 12.8 Å². The maximum atomic E-state index is 4.70. The normalized spacial score (nSPS) is 16.0. The zero-order valence-electron chi connectivity index (χ0n) is 9.93.